The predicted octanol–water partition coefficient (Wildman–Crippen LogP) is 5.58. The molecular formula is C24H27N3O2. The molecule has 0 bridgehead atoms. The highest BCUT2D eigenvalue weighted by Crippen LogP contribution is 2.35. The molecule has 0 spiro atoms. The maximum Gasteiger partial charge on any atom is 0.219 e. The van der Waals surface area contributed by atoms with Crippen LogP contribution in [0, 0.1) is 0 Å². The van der Waals surface area contributed by atoms with Gasteiger partial charge in [-0.25, -0.2) is 4.98 Å². The Balaban J connectivity index is 1.46. The largest absolute Gasteiger partial charge is 0.439 e. The standard InChI is InChI=1S/C24H27N3O2/c1-16(25-17(2)28)18-5-11-22-19(15-18)6-12-23(26-22)29-21-9-7-20(8-10-21)27-24(3)13-4-14-24/h5-12,15-16,27H,4,13-14H2,1-3H3,(H,25,28). The van der Waals surface area contributed by atoms with E-state index in [1.54, 1.807) is 0 Å². The first-order valence-electron chi connectivity index (χ1n) is 10.1. The molecule has 1 aliphatic carbocycles. The number of aromatic nitrogens is 1. The first-order chi connectivity index (χ1) is 13.9. The molecule has 1 aliphatic rings. The van der Waals surface area contributed by atoms with Gasteiger partial charge in [-0.1, -0.05) is 6.07 Å². The number of carbonyl (C=O) groups is 1. The van der Waals surface area contributed by atoms with Crippen LogP contribution in [-0.2, 0) is 4.79 Å². The first kappa shape index (κ1) is 19.2. The van der Waals surface area contributed by atoms with Crippen LogP contribution >= 0.6 is 0 Å². The molecule has 29 heavy (non-hydrogen) atoms. The zero-order valence-electron chi connectivity index (χ0n) is 17.2. The van der Waals surface area contributed by atoms with Crippen LogP contribution in [0.4, 0.5) is 5.69 Å². The summed E-state index contributed by atoms with van der Waals surface area (Å²) in [5.41, 5.74) is 3.26. The molecule has 1 fully saturated rings. The first-order valence-corrected chi connectivity index (χ1v) is 10.1. The molecular weight excluding hydrogens is 362 g/mol. The number of nitrogens with zero attached hydrogens (tertiary/aromatic N) is 1. The lowest BCUT2D eigenvalue weighted by Gasteiger charge is -2.40. The average Bonchev–Trinajstić information content (AvgIpc) is 2.67. The Bertz CT molecular complexity index is 1030. The maximum absolute atomic E-state index is 11.3. The lowest BCUT2D eigenvalue weighted by molar-refractivity contribution is -0.119. The molecule has 1 saturated carbocycles. The van der Waals surface area contributed by atoms with Crippen molar-refractivity contribution in [2.75, 3.05) is 5.32 Å². The minimum absolute atomic E-state index is 0.0394. The SMILES string of the molecule is CC(=O)NC(C)c1ccc2nc(Oc3ccc(NC4(C)CCC4)cc3)ccc2c1. The van der Waals surface area contributed by atoms with Crippen molar-refractivity contribution in [2.45, 2.75) is 51.6 Å². The van der Waals surface area contributed by atoms with Crippen molar-refractivity contribution in [3.05, 3.63) is 60.2 Å². The zero-order valence-corrected chi connectivity index (χ0v) is 17.2. The molecule has 1 unspecified atom stereocenters. The van der Waals surface area contributed by atoms with E-state index in [-0.39, 0.29) is 17.5 Å². The molecule has 2 N–H and O–H groups in total. The van der Waals surface area contributed by atoms with E-state index in [1.165, 1.54) is 26.2 Å². The maximum atomic E-state index is 11.3. The highest BCUT2D eigenvalue weighted by Gasteiger charge is 2.31. The van der Waals surface area contributed by atoms with Crippen molar-refractivity contribution in [1.29, 1.82) is 0 Å². The summed E-state index contributed by atoms with van der Waals surface area (Å²) >= 11 is 0. The fourth-order valence-electron chi connectivity index (χ4n) is 3.75. The molecule has 1 aromatic heterocycles. The fourth-order valence-corrected chi connectivity index (χ4v) is 3.75. The summed E-state index contributed by atoms with van der Waals surface area (Å²) < 4.78 is 5.95. The molecule has 0 saturated heterocycles. The van der Waals surface area contributed by atoms with Gasteiger partial charge in [0.25, 0.3) is 0 Å². The van der Waals surface area contributed by atoms with Gasteiger partial charge in [0.2, 0.25) is 11.8 Å². The van der Waals surface area contributed by atoms with Crippen LogP contribution in [0.15, 0.2) is 54.6 Å². The highest BCUT2D eigenvalue weighted by atomic mass is 16.5. The number of hydrogen-bond acceptors (Lipinski definition) is 4. The number of benzene rings is 2. The summed E-state index contributed by atoms with van der Waals surface area (Å²) in [6.07, 6.45) is 3.74. The molecule has 3 aromatic rings. The smallest absolute Gasteiger partial charge is 0.219 e. The third-order valence-corrected chi connectivity index (χ3v) is 5.59. The van der Waals surface area contributed by atoms with E-state index >= 15 is 0 Å². The molecule has 4 rings (SSSR count). The number of fused-ring (bicyclic) bond motifs is 1. The Labute approximate surface area is 171 Å². The average molecular weight is 389 g/mol. The number of ether oxygens (including phenoxy) is 1. The van der Waals surface area contributed by atoms with Crippen molar-refractivity contribution in [2.24, 2.45) is 0 Å². The van der Waals surface area contributed by atoms with Crippen molar-refractivity contribution < 1.29 is 9.53 Å². The van der Waals surface area contributed by atoms with Gasteiger partial charge in [0.05, 0.1) is 11.6 Å². The second-order valence-corrected chi connectivity index (χ2v) is 8.19. The van der Waals surface area contributed by atoms with Crippen molar-refractivity contribution in [1.82, 2.24) is 10.3 Å². The predicted molar refractivity (Wildman–Crippen MR) is 116 cm³/mol. The molecule has 2 aromatic carbocycles. The number of anilines is 1. The number of hydrogen-bond donors (Lipinski definition) is 2. The number of rotatable bonds is 6. The minimum Gasteiger partial charge on any atom is -0.439 e. The van der Waals surface area contributed by atoms with Gasteiger partial charge in [-0.15, -0.1) is 0 Å². The molecule has 150 valence electrons. The normalized spacial score (nSPS) is 16.0. The van der Waals surface area contributed by atoms with Gasteiger partial charge in [0.1, 0.15) is 5.75 Å². The van der Waals surface area contributed by atoms with Crippen LogP contribution in [0.2, 0.25) is 0 Å². The van der Waals surface area contributed by atoms with Crippen LogP contribution in [0.1, 0.15) is 51.6 Å². The third kappa shape index (κ3) is 4.50. The summed E-state index contributed by atoms with van der Waals surface area (Å²) in [6, 6.07) is 17.9. The zero-order chi connectivity index (χ0) is 20.4. The Hall–Kier alpha value is -3.08. The van der Waals surface area contributed by atoms with Gasteiger partial charge in [0, 0.05) is 29.6 Å². The number of pyridine rings is 1. The van der Waals surface area contributed by atoms with Crippen molar-refractivity contribution >= 4 is 22.5 Å². The molecule has 1 amide bonds. The summed E-state index contributed by atoms with van der Waals surface area (Å²) in [5, 5.41) is 7.52. The molecule has 1 heterocycles. The van der Waals surface area contributed by atoms with Crippen LogP contribution in [0.3, 0.4) is 0 Å². The van der Waals surface area contributed by atoms with Gasteiger partial charge in [0.15, 0.2) is 0 Å². The van der Waals surface area contributed by atoms with E-state index in [0.29, 0.717) is 5.88 Å². The Morgan fingerprint density at radius 3 is 2.52 bits per heavy atom. The van der Waals surface area contributed by atoms with Gasteiger partial charge in [-0.05, 0) is 81.1 Å². The van der Waals surface area contributed by atoms with E-state index in [0.717, 1.165) is 27.9 Å². The summed E-state index contributed by atoms with van der Waals surface area (Å²) in [7, 11) is 0. The Morgan fingerprint density at radius 1 is 1.10 bits per heavy atom. The molecule has 1 atom stereocenters. The summed E-state index contributed by atoms with van der Waals surface area (Å²) in [4.78, 5) is 15.9. The molecule has 5 nitrogen and oxygen atoms in total. The van der Waals surface area contributed by atoms with Crippen LogP contribution in [0.25, 0.3) is 10.9 Å². The summed E-state index contributed by atoms with van der Waals surface area (Å²) in [5.74, 6) is 1.28. The van der Waals surface area contributed by atoms with Gasteiger partial charge in [-0.3, -0.25) is 4.79 Å². The Morgan fingerprint density at radius 2 is 1.86 bits per heavy atom. The van der Waals surface area contributed by atoms with E-state index < -0.39 is 0 Å². The third-order valence-electron chi connectivity index (χ3n) is 5.59. The van der Waals surface area contributed by atoms with Crippen molar-refractivity contribution in [3.8, 4) is 11.6 Å². The van der Waals surface area contributed by atoms with E-state index in [1.807, 2.05) is 49.4 Å². The topological polar surface area (TPSA) is 63.2 Å². The van der Waals surface area contributed by atoms with Crippen LogP contribution in [-0.4, -0.2) is 16.4 Å². The fraction of sp³-hybridized carbons (Fsp3) is 0.333. The minimum atomic E-state index is -0.0397. The van der Waals surface area contributed by atoms with Crippen molar-refractivity contribution in [3.63, 3.8) is 0 Å². The van der Waals surface area contributed by atoms with Gasteiger partial charge < -0.3 is 15.4 Å². The lowest BCUT2D eigenvalue weighted by Crippen LogP contribution is -2.41. The second-order valence-electron chi connectivity index (χ2n) is 8.19. The summed E-state index contributed by atoms with van der Waals surface area (Å²) in [6.45, 7) is 5.76. The van der Waals surface area contributed by atoms with E-state index in [9.17, 15) is 4.79 Å². The number of carbonyl (C=O) groups excluding carboxylic acids is 1. The quantitative estimate of drug-likeness (QED) is 0.578. The second kappa shape index (κ2) is 7.74. The lowest BCUT2D eigenvalue weighted by atomic mass is 9.78. The van der Waals surface area contributed by atoms with E-state index in [2.05, 4.69) is 34.7 Å². The van der Waals surface area contributed by atoms with Gasteiger partial charge in [-0.2, -0.15) is 0 Å². The molecule has 0 aliphatic heterocycles. The monoisotopic (exact) mass is 389 g/mol. The number of amides is 1. The molecule has 5 heteroatoms. The van der Waals surface area contributed by atoms with Crippen LogP contribution < -0.4 is 15.4 Å². The number of nitrogens with one attached hydrogen (secondary N) is 2. The molecule has 0 radical (unpaired) electrons. The Kier molecular flexibility index (Phi) is 5.14. The van der Waals surface area contributed by atoms with Crippen LogP contribution in [0.5, 0.6) is 11.6 Å². The van der Waals surface area contributed by atoms with Gasteiger partial charge >= 0.3 is 0 Å². The van der Waals surface area contributed by atoms with E-state index in [4.69, 9.17) is 4.74 Å². The highest BCUT2D eigenvalue weighted by molar-refractivity contribution is 5.80.